The van der Waals surface area contributed by atoms with Crippen LogP contribution < -0.4 is 54.8 Å². The SMILES string of the molecule is C[C@H](NC(=O)[C@H](C)NC(=O)[C@@H](N)CCCCN)C(=O)N[C@@H](CCCN=C(N)N)C(=O)N[C@@H](CCCC[N+](C)(C)C)C(=O)N[C@@H](CO)C(=O)N[C@@H](C)C=O. The van der Waals surface area contributed by atoms with Crippen molar-refractivity contribution in [3.63, 3.8) is 0 Å². The lowest BCUT2D eigenvalue weighted by Crippen LogP contribution is -2.59. The zero-order valence-corrected chi connectivity index (χ0v) is 32.1. The van der Waals surface area contributed by atoms with E-state index in [0.29, 0.717) is 49.4 Å². The maximum Gasteiger partial charge on any atom is 0.245 e. The lowest BCUT2D eigenvalue weighted by Gasteiger charge is -2.27. The Morgan fingerprint density at radius 3 is 1.64 bits per heavy atom. The zero-order chi connectivity index (χ0) is 40.7. The average molecular weight is 758 g/mol. The van der Waals surface area contributed by atoms with Crippen LogP contribution in [0.1, 0.15) is 72.1 Å². The molecule has 0 aliphatic heterocycles. The Kier molecular flexibility index (Phi) is 23.4. The number of nitrogens with zero attached hydrogens (tertiary/aromatic N) is 2. The Hall–Kier alpha value is -4.40. The molecule has 0 unspecified atom stereocenters. The van der Waals surface area contributed by atoms with Crippen LogP contribution in [0.15, 0.2) is 4.99 Å². The van der Waals surface area contributed by atoms with Gasteiger partial charge in [0.05, 0.1) is 46.4 Å². The van der Waals surface area contributed by atoms with Gasteiger partial charge in [0.15, 0.2) is 5.96 Å². The van der Waals surface area contributed by atoms with Crippen LogP contribution in [0, 0.1) is 0 Å². The molecule has 0 radical (unpaired) electrons. The number of nitrogens with two attached hydrogens (primary N) is 4. The molecule has 0 rings (SSSR count). The summed E-state index contributed by atoms with van der Waals surface area (Å²) in [6.45, 7) is 4.84. The first-order valence-electron chi connectivity index (χ1n) is 18.0. The Labute approximate surface area is 312 Å². The summed E-state index contributed by atoms with van der Waals surface area (Å²) in [6.07, 6.45) is 3.85. The van der Waals surface area contributed by atoms with Gasteiger partial charge in [0.25, 0.3) is 0 Å². The third kappa shape index (κ3) is 21.7. The molecule has 7 atom stereocenters. The number of rotatable bonds is 27. The van der Waals surface area contributed by atoms with E-state index in [-0.39, 0.29) is 31.8 Å². The molecule has 53 heavy (non-hydrogen) atoms. The summed E-state index contributed by atoms with van der Waals surface area (Å²) in [7, 11) is 6.02. The standard InChI is InChI=1S/C33H64N12O8/c1-20(18-46)39-32(53)26(19-47)44-31(52)24(13-8-10-17-45(4,5)6)43-30(51)25(14-11-16-38-33(36)37)42-28(49)22(3)40-27(48)21(2)41-29(50)23(35)12-7-9-15-34/h18,20-26,47H,7-17,19,34-35H2,1-6H3,(H9-,36,37,38,39,40,41,42,43,44,48,49,50,51,52,53)/p+1/t20-,21-,22-,23-,24-,25-,26-/m0/s1. The maximum absolute atomic E-state index is 13.7. The number of guanidine groups is 1. The summed E-state index contributed by atoms with van der Waals surface area (Å²) in [5, 5.41) is 24.9. The normalized spacial score (nSPS) is 15.2. The molecule has 6 amide bonds. The number of aldehydes is 1. The molecule has 0 heterocycles. The molecule has 0 aliphatic carbocycles. The predicted octanol–water partition coefficient (Wildman–Crippen LogP) is -4.47. The number of hydrogen-bond donors (Lipinski definition) is 11. The van der Waals surface area contributed by atoms with E-state index in [0.717, 1.165) is 6.54 Å². The molecular weight excluding hydrogens is 692 g/mol. The Morgan fingerprint density at radius 1 is 0.660 bits per heavy atom. The fourth-order valence-electron chi connectivity index (χ4n) is 4.80. The molecule has 0 aliphatic rings. The van der Waals surface area contributed by atoms with Crippen molar-refractivity contribution >= 4 is 47.7 Å². The second-order valence-electron chi connectivity index (χ2n) is 14.1. The highest BCUT2D eigenvalue weighted by Crippen LogP contribution is 2.08. The van der Waals surface area contributed by atoms with Gasteiger partial charge < -0.3 is 69.2 Å². The van der Waals surface area contributed by atoms with Crippen LogP contribution >= 0.6 is 0 Å². The number of nitrogens with one attached hydrogen (secondary N) is 6. The van der Waals surface area contributed by atoms with Crippen LogP contribution in [0.4, 0.5) is 0 Å². The Bertz CT molecular complexity index is 1220. The van der Waals surface area contributed by atoms with Gasteiger partial charge in [0.1, 0.15) is 36.5 Å². The average Bonchev–Trinajstić information content (AvgIpc) is 3.08. The minimum atomic E-state index is -1.41. The van der Waals surface area contributed by atoms with Gasteiger partial charge in [-0.3, -0.25) is 33.8 Å². The Balaban J connectivity index is 5.92. The van der Waals surface area contributed by atoms with Crippen molar-refractivity contribution < 1.29 is 43.2 Å². The first-order chi connectivity index (χ1) is 24.8. The van der Waals surface area contributed by atoms with Crippen LogP contribution in [0.5, 0.6) is 0 Å². The predicted molar refractivity (Wildman–Crippen MR) is 199 cm³/mol. The van der Waals surface area contributed by atoms with E-state index >= 15 is 0 Å². The Morgan fingerprint density at radius 2 is 1.13 bits per heavy atom. The first-order valence-corrected chi connectivity index (χ1v) is 18.0. The monoisotopic (exact) mass is 758 g/mol. The van der Waals surface area contributed by atoms with Crippen molar-refractivity contribution in [1.29, 1.82) is 0 Å². The summed E-state index contributed by atoms with van der Waals surface area (Å²) in [6, 6.07) is -7.69. The first kappa shape index (κ1) is 48.6. The number of unbranched alkanes of at least 4 members (excludes halogenated alkanes) is 2. The molecule has 20 nitrogen and oxygen atoms in total. The topological polar surface area (TPSA) is 328 Å². The van der Waals surface area contributed by atoms with Gasteiger partial charge in [0.2, 0.25) is 35.4 Å². The molecule has 0 spiro atoms. The van der Waals surface area contributed by atoms with E-state index in [1.165, 1.54) is 20.8 Å². The molecule has 0 aromatic carbocycles. The van der Waals surface area contributed by atoms with Gasteiger partial charge in [-0.1, -0.05) is 6.42 Å². The lowest BCUT2D eigenvalue weighted by atomic mass is 10.0. The van der Waals surface area contributed by atoms with E-state index in [4.69, 9.17) is 22.9 Å². The van der Waals surface area contributed by atoms with Gasteiger partial charge in [-0.15, -0.1) is 0 Å². The van der Waals surface area contributed by atoms with E-state index in [1.54, 1.807) is 0 Å². The fourth-order valence-corrected chi connectivity index (χ4v) is 4.80. The summed E-state index contributed by atoms with van der Waals surface area (Å²) in [5.74, 6) is -4.40. The second kappa shape index (κ2) is 25.6. The number of aliphatic hydroxyl groups is 1. The van der Waals surface area contributed by atoms with Crippen LogP contribution in [0.2, 0.25) is 0 Å². The summed E-state index contributed by atoms with van der Waals surface area (Å²) in [5.41, 5.74) is 22.2. The van der Waals surface area contributed by atoms with Crippen LogP contribution in [0.3, 0.4) is 0 Å². The number of aliphatic hydroxyl groups excluding tert-OH is 1. The van der Waals surface area contributed by atoms with E-state index in [2.05, 4.69) is 36.9 Å². The van der Waals surface area contributed by atoms with Gasteiger partial charge in [-0.05, 0) is 72.3 Å². The highest BCUT2D eigenvalue weighted by atomic mass is 16.3. The van der Waals surface area contributed by atoms with Gasteiger partial charge in [-0.25, -0.2) is 0 Å². The van der Waals surface area contributed by atoms with Gasteiger partial charge in [-0.2, -0.15) is 0 Å². The van der Waals surface area contributed by atoms with Crippen molar-refractivity contribution in [2.24, 2.45) is 27.9 Å². The number of hydrogen-bond acceptors (Lipinski definition) is 11. The number of quaternary nitrogens is 1. The molecular formula is C33H65N12O8+. The highest BCUT2D eigenvalue weighted by molar-refractivity contribution is 5.96. The molecule has 0 saturated carbocycles. The summed E-state index contributed by atoms with van der Waals surface area (Å²) >= 11 is 0. The van der Waals surface area contributed by atoms with Crippen molar-refractivity contribution in [2.45, 2.75) is 114 Å². The molecule has 0 fully saturated rings. The third-order valence-corrected chi connectivity index (χ3v) is 7.98. The van der Waals surface area contributed by atoms with Crippen LogP contribution in [-0.4, -0.2) is 147 Å². The van der Waals surface area contributed by atoms with Crippen LogP contribution in [0.25, 0.3) is 0 Å². The second-order valence-corrected chi connectivity index (χ2v) is 14.1. The minimum absolute atomic E-state index is 0.0324. The molecule has 0 aromatic heterocycles. The molecule has 304 valence electrons. The lowest BCUT2D eigenvalue weighted by molar-refractivity contribution is -0.870. The van der Waals surface area contributed by atoms with E-state index < -0.39 is 84.3 Å². The summed E-state index contributed by atoms with van der Waals surface area (Å²) in [4.78, 5) is 93.1. The molecule has 15 N–H and O–H groups in total. The minimum Gasteiger partial charge on any atom is -0.394 e. The number of carbonyl (C=O) groups is 7. The highest BCUT2D eigenvalue weighted by Gasteiger charge is 2.31. The van der Waals surface area contributed by atoms with Crippen molar-refractivity contribution in [3.05, 3.63) is 0 Å². The summed E-state index contributed by atoms with van der Waals surface area (Å²) < 4.78 is 0.664. The number of aliphatic imine (C=N–C) groups is 1. The molecule has 0 bridgehead atoms. The molecule has 0 aromatic rings. The quantitative estimate of drug-likeness (QED) is 0.0124. The van der Waals surface area contributed by atoms with Crippen molar-refractivity contribution in [2.75, 3.05) is 47.4 Å². The smallest absolute Gasteiger partial charge is 0.245 e. The van der Waals surface area contributed by atoms with Crippen molar-refractivity contribution in [1.82, 2.24) is 31.9 Å². The fraction of sp³-hybridized carbons (Fsp3) is 0.758. The zero-order valence-electron chi connectivity index (χ0n) is 32.1. The number of carbonyl (C=O) groups excluding carboxylic acids is 7. The van der Waals surface area contributed by atoms with Gasteiger partial charge in [0, 0.05) is 6.54 Å². The largest absolute Gasteiger partial charge is 0.394 e. The third-order valence-electron chi connectivity index (χ3n) is 7.98. The van der Waals surface area contributed by atoms with E-state index in [1.807, 2.05) is 21.1 Å². The van der Waals surface area contributed by atoms with Crippen molar-refractivity contribution in [3.8, 4) is 0 Å². The van der Waals surface area contributed by atoms with E-state index in [9.17, 15) is 38.7 Å². The maximum atomic E-state index is 13.7. The molecule has 0 saturated heterocycles. The molecule has 20 heteroatoms. The van der Waals surface area contributed by atoms with Gasteiger partial charge >= 0.3 is 0 Å². The number of amides is 6. The van der Waals surface area contributed by atoms with Crippen LogP contribution in [-0.2, 0) is 33.6 Å².